The average Bonchev–Trinajstić information content (AvgIpc) is 3.00. The molecule has 0 unspecified atom stereocenters. The van der Waals surface area contributed by atoms with Crippen LogP contribution in [0, 0.1) is 0 Å². The minimum Gasteiger partial charge on any atom is -0.485 e. The van der Waals surface area contributed by atoms with E-state index in [0.29, 0.717) is 0 Å². The molecule has 100 valence electrons. The van der Waals surface area contributed by atoms with Gasteiger partial charge in [0.05, 0.1) is 4.47 Å². The van der Waals surface area contributed by atoms with E-state index in [0.717, 1.165) is 34.1 Å². The Kier molecular flexibility index (Phi) is 4.10. The van der Waals surface area contributed by atoms with Gasteiger partial charge in [-0.15, -0.1) is 0 Å². The van der Waals surface area contributed by atoms with Crippen molar-refractivity contribution in [2.75, 3.05) is 6.54 Å². The van der Waals surface area contributed by atoms with Gasteiger partial charge in [0.2, 0.25) is 0 Å². The molecule has 0 atom stereocenters. The fourth-order valence-electron chi connectivity index (χ4n) is 1.67. The molecular weight excluding hydrogens is 358 g/mol. The predicted molar refractivity (Wildman–Crippen MR) is 82.2 cm³/mol. The summed E-state index contributed by atoms with van der Waals surface area (Å²) >= 11 is 6.99. The molecule has 2 rings (SSSR count). The quantitative estimate of drug-likeness (QED) is 0.834. The third-order valence-electron chi connectivity index (χ3n) is 2.97. The van der Waals surface area contributed by atoms with E-state index < -0.39 is 0 Å². The number of rotatable bonds is 4. The lowest BCUT2D eigenvalue weighted by Crippen LogP contribution is -2.43. The van der Waals surface area contributed by atoms with Gasteiger partial charge in [-0.2, -0.15) is 0 Å². The van der Waals surface area contributed by atoms with E-state index in [-0.39, 0.29) is 11.1 Å². The maximum Gasteiger partial charge on any atom is 0.134 e. The van der Waals surface area contributed by atoms with Crippen LogP contribution in [0.5, 0.6) is 5.75 Å². The van der Waals surface area contributed by atoms with Crippen molar-refractivity contribution in [3.05, 3.63) is 27.1 Å². The van der Waals surface area contributed by atoms with Crippen LogP contribution in [0.4, 0.5) is 0 Å². The lowest BCUT2D eigenvalue weighted by Gasteiger charge is -2.26. The first kappa shape index (κ1) is 14.4. The molecule has 0 radical (unpaired) electrons. The summed E-state index contributed by atoms with van der Waals surface area (Å²) in [6.45, 7) is 7.44. The predicted octanol–water partition coefficient (Wildman–Crippen LogP) is 4.51. The lowest BCUT2D eigenvalue weighted by molar-refractivity contribution is 0.163. The normalized spacial score (nSPS) is 17.6. The number of halogens is 2. The molecule has 0 aliphatic heterocycles. The highest BCUT2D eigenvalue weighted by atomic mass is 79.9. The molecule has 0 heterocycles. The van der Waals surface area contributed by atoms with E-state index in [1.165, 1.54) is 0 Å². The molecule has 18 heavy (non-hydrogen) atoms. The van der Waals surface area contributed by atoms with Crippen LogP contribution in [0.15, 0.2) is 27.1 Å². The number of benzene rings is 1. The van der Waals surface area contributed by atoms with E-state index in [2.05, 4.69) is 57.9 Å². The van der Waals surface area contributed by atoms with Gasteiger partial charge in [-0.3, -0.25) is 0 Å². The number of ether oxygens (including phenoxy) is 1. The van der Waals surface area contributed by atoms with Gasteiger partial charge in [-0.05, 0) is 67.7 Å². The summed E-state index contributed by atoms with van der Waals surface area (Å²) in [5.74, 6) is 0.923. The van der Waals surface area contributed by atoms with Crippen LogP contribution in [0.2, 0.25) is 0 Å². The van der Waals surface area contributed by atoms with Crippen molar-refractivity contribution >= 4 is 31.9 Å². The molecule has 1 aromatic carbocycles. The Balaban J connectivity index is 2.00. The van der Waals surface area contributed by atoms with Gasteiger partial charge >= 0.3 is 0 Å². The summed E-state index contributed by atoms with van der Waals surface area (Å²) in [7, 11) is 0. The number of nitrogens with one attached hydrogen (secondary N) is 1. The standard InChI is InChI=1S/C14H19Br2NO/c1-13(2,3)17-9-14(6-7-14)18-12-5-4-10(15)8-11(12)16/h4-5,8,17H,6-7,9H2,1-3H3. The fraction of sp³-hybridized carbons (Fsp3) is 0.571. The molecule has 0 aromatic heterocycles. The molecular formula is C14H19Br2NO. The largest absolute Gasteiger partial charge is 0.485 e. The van der Waals surface area contributed by atoms with Crippen LogP contribution in [0.25, 0.3) is 0 Å². The minimum absolute atomic E-state index is 0.0103. The van der Waals surface area contributed by atoms with Crippen LogP contribution in [0.1, 0.15) is 33.6 Å². The Morgan fingerprint density at radius 3 is 2.44 bits per heavy atom. The van der Waals surface area contributed by atoms with Crippen molar-refractivity contribution in [3.8, 4) is 5.75 Å². The maximum absolute atomic E-state index is 6.16. The zero-order chi connectivity index (χ0) is 13.4. The van der Waals surface area contributed by atoms with Crippen LogP contribution in [0.3, 0.4) is 0 Å². The van der Waals surface area contributed by atoms with Gasteiger partial charge in [0, 0.05) is 16.6 Å². The molecule has 1 saturated carbocycles. The highest BCUT2D eigenvalue weighted by molar-refractivity contribution is 9.11. The second-order valence-electron chi connectivity index (χ2n) is 5.96. The van der Waals surface area contributed by atoms with Gasteiger partial charge in [0.15, 0.2) is 0 Å². The third kappa shape index (κ3) is 3.97. The van der Waals surface area contributed by atoms with Crippen LogP contribution in [-0.4, -0.2) is 17.7 Å². The van der Waals surface area contributed by atoms with Gasteiger partial charge in [-0.25, -0.2) is 0 Å². The van der Waals surface area contributed by atoms with Crippen molar-refractivity contribution in [2.24, 2.45) is 0 Å². The topological polar surface area (TPSA) is 21.3 Å². The average molecular weight is 377 g/mol. The van der Waals surface area contributed by atoms with Gasteiger partial charge in [-0.1, -0.05) is 15.9 Å². The molecule has 1 N–H and O–H groups in total. The Morgan fingerprint density at radius 2 is 1.94 bits per heavy atom. The van der Waals surface area contributed by atoms with E-state index in [9.17, 15) is 0 Å². The SMILES string of the molecule is CC(C)(C)NCC1(Oc2ccc(Br)cc2Br)CC1. The first-order chi connectivity index (χ1) is 8.30. The Hall–Kier alpha value is -0.0600. The summed E-state index contributed by atoms with van der Waals surface area (Å²) in [6, 6.07) is 6.03. The Morgan fingerprint density at radius 1 is 1.28 bits per heavy atom. The van der Waals surface area contributed by atoms with E-state index in [1.807, 2.05) is 18.2 Å². The molecule has 2 nitrogen and oxygen atoms in total. The molecule has 1 fully saturated rings. The Labute approximate surface area is 126 Å². The third-order valence-corrected chi connectivity index (χ3v) is 4.08. The second kappa shape index (κ2) is 5.14. The molecule has 1 aromatic rings. The Bertz CT molecular complexity index is 436. The monoisotopic (exact) mass is 375 g/mol. The smallest absolute Gasteiger partial charge is 0.134 e. The van der Waals surface area contributed by atoms with E-state index >= 15 is 0 Å². The summed E-state index contributed by atoms with van der Waals surface area (Å²) in [4.78, 5) is 0. The van der Waals surface area contributed by atoms with Crippen molar-refractivity contribution in [2.45, 2.75) is 44.8 Å². The van der Waals surface area contributed by atoms with Crippen molar-refractivity contribution in [1.82, 2.24) is 5.32 Å². The van der Waals surface area contributed by atoms with Crippen LogP contribution in [-0.2, 0) is 0 Å². The summed E-state index contributed by atoms with van der Waals surface area (Å²) in [6.07, 6.45) is 2.25. The molecule has 0 saturated heterocycles. The van der Waals surface area contributed by atoms with Crippen LogP contribution >= 0.6 is 31.9 Å². The van der Waals surface area contributed by atoms with E-state index in [4.69, 9.17) is 4.74 Å². The molecule has 0 bridgehead atoms. The van der Waals surface area contributed by atoms with Gasteiger partial charge in [0.1, 0.15) is 11.4 Å². The van der Waals surface area contributed by atoms with Crippen molar-refractivity contribution in [3.63, 3.8) is 0 Å². The zero-order valence-electron chi connectivity index (χ0n) is 11.0. The first-order valence-corrected chi connectivity index (χ1v) is 7.77. The highest BCUT2D eigenvalue weighted by Crippen LogP contribution is 2.42. The maximum atomic E-state index is 6.16. The molecule has 0 amide bonds. The summed E-state index contributed by atoms with van der Waals surface area (Å²) in [5.41, 5.74) is 0.125. The summed E-state index contributed by atoms with van der Waals surface area (Å²) < 4.78 is 8.22. The highest BCUT2D eigenvalue weighted by Gasteiger charge is 2.46. The summed E-state index contributed by atoms with van der Waals surface area (Å²) in [5, 5.41) is 3.53. The van der Waals surface area contributed by atoms with Crippen molar-refractivity contribution in [1.29, 1.82) is 0 Å². The second-order valence-corrected chi connectivity index (χ2v) is 7.73. The number of hydrogen-bond acceptors (Lipinski definition) is 2. The zero-order valence-corrected chi connectivity index (χ0v) is 14.2. The first-order valence-electron chi connectivity index (χ1n) is 6.19. The minimum atomic E-state index is -0.0103. The molecule has 0 spiro atoms. The van der Waals surface area contributed by atoms with Gasteiger partial charge in [0.25, 0.3) is 0 Å². The molecule has 1 aliphatic carbocycles. The molecule has 4 heteroatoms. The fourth-order valence-corrected chi connectivity index (χ4v) is 2.80. The number of hydrogen-bond donors (Lipinski definition) is 1. The van der Waals surface area contributed by atoms with Crippen molar-refractivity contribution < 1.29 is 4.74 Å². The lowest BCUT2D eigenvalue weighted by atomic mass is 10.1. The molecule has 1 aliphatic rings. The van der Waals surface area contributed by atoms with Gasteiger partial charge < -0.3 is 10.1 Å². The van der Waals surface area contributed by atoms with E-state index in [1.54, 1.807) is 0 Å². The van der Waals surface area contributed by atoms with Crippen LogP contribution < -0.4 is 10.1 Å².